The second-order valence-electron chi connectivity index (χ2n) is 5.06. The van der Waals surface area contributed by atoms with E-state index in [0.717, 1.165) is 0 Å². The standard InChI is InChI=1S/C13H20N2O3S/c1-13(2,9-16)15(4)11(17)8-14(3)12(18)10-6-5-7-19-10/h5-7,16H,8-9H2,1-4H3. The Bertz CT molecular complexity index is 443. The molecule has 5 nitrogen and oxygen atoms in total. The van der Waals surface area contributed by atoms with E-state index in [-0.39, 0.29) is 25.0 Å². The number of nitrogens with zero attached hydrogens (tertiary/aromatic N) is 2. The van der Waals surface area contributed by atoms with Gasteiger partial charge in [0.15, 0.2) is 0 Å². The molecule has 1 N–H and O–H groups in total. The predicted octanol–water partition coefficient (Wildman–Crippen LogP) is 1.05. The Kier molecular flexibility index (Phi) is 5.08. The van der Waals surface area contributed by atoms with Crippen molar-refractivity contribution in [1.82, 2.24) is 9.80 Å². The van der Waals surface area contributed by atoms with Gasteiger partial charge in [0.25, 0.3) is 5.91 Å². The van der Waals surface area contributed by atoms with Gasteiger partial charge in [-0.3, -0.25) is 9.59 Å². The van der Waals surface area contributed by atoms with Crippen molar-refractivity contribution >= 4 is 23.2 Å². The Labute approximate surface area is 117 Å². The molecule has 0 aliphatic carbocycles. The number of thiophene rings is 1. The van der Waals surface area contributed by atoms with E-state index in [2.05, 4.69) is 0 Å². The molecular formula is C13H20N2O3S. The summed E-state index contributed by atoms with van der Waals surface area (Å²) in [6.45, 7) is 3.41. The van der Waals surface area contributed by atoms with Crippen molar-refractivity contribution in [2.24, 2.45) is 0 Å². The lowest BCUT2D eigenvalue weighted by Gasteiger charge is -2.34. The summed E-state index contributed by atoms with van der Waals surface area (Å²) in [6.07, 6.45) is 0. The summed E-state index contributed by atoms with van der Waals surface area (Å²) in [5, 5.41) is 11.1. The van der Waals surface area contributed by atoms with Gasteiger partial charge in [0.1, 0.15) is 0 Å². The van der Waals surface area contributed by atoms with Gasteiger partial charge in [0, 0.05) is 14.1 Å². The molecule has 0 saturated carbocycles. The summed E-state index contributed by atoms with van der Waals surface area (Å²) < 4.78 is 0. The van der Waals surface area contributed by atoms with E-state index in [0.29, 0.717) is 4.88 Å². The highest BCUT2D eigenvalue weighted by atomic mass is 32.1. The molecule has 0 saturated heterocycles. The van der Waals surface area contributed by atoms with Crippen LogP contribution in [0.4, 0.5) is 0 Å². The van der Waals surface area contributed by atoms with Gasteiger partial charge >= 0.3 is 0 Å². The molecule has 19 heavy (non-hydrogen) atoms. The van der Waals surface area contributed by atoms with Gasteiger partial charge < -0.3 is 14.9 Å². The second kappa shape index (κ2) is 6.16. The molecule has 0 aliphatic rings. The Morgan fingerprint density at radius 2 is 2.00 bits per heavy atom. The first-order chi connectivity index (χ1) is 8.79. The van der Waals surface area contributed by atoms with Gasteiger partial charge in [-0.05, 0) is 25.3 Å². The maximum absolute atomic E-state index is 12.1. The first-order valence-electron chi connectivity index (χ1n) is 5.96. The first kappa shape index (κ1) is 15.7. The Hall–Kier alpha value is -1.40. The molecular weight excluding hydrogens is 264 g/mol. The minimum absolute atomic E-state index is 0.00331. The van der Waals surface area contributed by atoms with Crippen molar-refractivity contribution in [3.05, 3.63) is 22.4 Å². The van der Waals surface area contributed by atoms with Gasteiger partial charge in [0.05, 0.1) is 23.6 Å². The molecule has 0 bridgehead atoms. The SMILES string of the molecule is CN(CC(=O)N(C)C(C)(C)CO)C(=O)c1cccs1. The highest BCUT2D eigenvalue weighted by Crippen LogP contribution is 2.13. The monoisotopic (exact) mass is 284 g/mol. The highest BCUT2D eigenvalue weighted by Gasteiger charge is 2.28. The topological polar surface area (TPSA) is 60.9 Å². The average molecular weight is 284 g/mol. The van der Waals surface area contributed by atoms with Gasteiger partial charge in [-0.1, -0.05) is 6.07 Å². The van der Waals surface area contributed by atoms with Crippen LogP contribution in [0.2, 0.25) is 0 Å². The molecule has 0 aromatic carbocycles. The fourth-order valence-electron chi connectivity index (χ4n) is 1.41. The third kappa shape index (κ3) is 3.78. The molecule has 106 valence electrons. The first-order valence-corrected chi connectivity index (χ1v) is 6.84. The van der Waals surface area contributed by atoms with Crippen LogP contribution < -0.4 is 0 Å². The molecule has 0 aliphatic heterocycles. The molecule has 0 unspecified atom stereocenters. The third-order valence-electron chi connectivity index (χ3n) is 3.12. The van der Waals surface area contributed by atoms with Crippen LogP contribution in [0.3, 0.4) is 0 Å². The molecule has 0 fully saturated rings. The lowest BCUT2D eigenvalue weighted by molar-refractivity contribution is -0.136. The number of hydrogen-bond donors (Lipinski definition) is 1. The highest BCUT2D eigenvalue weighted by molar-refractivity contribution is 7.12. The summed E-state index contributed by atoms with van der Waals surface area (Å²) in [4.78, 5) is 27.5. The van der Waals surface area contributed by atoms with Crippen LogP contribution in [0.5, 0.6) is 0 Å². The lowest BCUT2D eigenvalue weighted by atomic mass is 10.1. The summed E-state index contributed by atoms with van der Waals surface area (Å²) in [6, 6.07) is 3.53. The number of amides is 2. The minimum Gasteiger partial charge on any atom is -0.394 e. The zero-order valence-corrected chi connectivity index (χ0v) is 12.5. The van der Waals surface area contributed by atoms with Crippen molar-refractivity contribution in [3.8, 4) is 0 Å². The fourth-order valence-corrected chi connectivity index (χ4v) is 2.13. The number of hydrogen-bond acceptors (Lipinski definition) is 4. The van der Waals surface area contributed by atoms with Gasteiger partial charge in [-0.25, -0.2) is 0 Å². The molecule has 1 rings (SSSR count). The van der Waals surface area contributed by atoms with E-state index in [1.807, 2.05) is 5.38 Å². The summed E-state index contributed by atoms with van der Waals surface area (Å²) >= 11 is 1.35. The van der Waals surface area contributed by atoms with Crippen molar-refractivity contribution < 1.29 is 14.7 Å². The van der Waals surface area contributed by atoms with Crippen molar-refractivity contribution in [3.63, 3.8) is 0 Å². The van der Waals surface area contributed by atoms with Crippen LogP contribution in [0, 0.1) is 0 Å². The van der Waals surface area contributed by atoms with E-state index in [9.17, 15) is 14.7 Å². The van der Waals surface area contributed by atoms with Crippen LogP contribution in [0.25, 0.3) is 0 Å². The molecule has 1 heterocycles. The number of aliphatic hydroxyl groups is 1. The summed E-state index contributed by atoms with van der Waals surface area (Å²) in [5.74, 6) is -0.370. The van der Waals surface area contributed by atoms with E-state index in [4.69, 9.17) is 0 Å². The molecule has 0 radical (unpaired) electrons. The number of carbonyl (C=O) groups is 2. The fraction of sp³-hybridized carbons (Fsp3) is 0.538. The normalized spacial score (nSPS) is 11.2. The Morgan fingerprint density at radius 3 is 2.47 bits per heavy atom. The summed E-state index contributed by atoms with van der Waals surface area (Å²) in [5.41, 5.74) is -0.635. The Morgan fingerprint density at radius 1 is 1.37 bits per heavy atom. The maximum Gasteiger partial charge on any atom is 0.264 e. The molecule has 1 aromatic heterocycles. The largest absolute Gasteiger partial charge is 0.394 e. The smallest absolute Gasteiger partial charge is 0.264 e. The van der Waals surface area contributed by atoms with E-state index < -0.39 is 5.54 Å². The maximum atomic E-state index is 12.1. The van der Waals surface area contributed by atoms with E-state index in [1.165, 1.54) is 21.1 Å². The van der Waals surface area contributed by atoms with E-state index >= 15 is 0 Å². The van der Waals surface area contributed by atoms with Gasteiger partial charge in [-0.15, -0.1) is 11.3 Å². The number of carbonyl (C=O) groups excluding carboxylic acids is 2. The zero-order valence-electron chi connectivity index (χ0n) is 11.7. The van der Waals surface area contributed by atoms with Crippen LogP contribution in [-0.4, -0.2) is 59.5 Å². The van der Waals surface area contributed by atoms with Crippen LogP contribution in [-0.2, 0) is 4.79 Å². The minimum atomic E-state index is -0.635. The number of rotatable bonds is 5. The van der Waals surface area contributed by atoms with Crippen LogP contribution in [0.1, 0.15) is 23.5 Å². The lowest BCUT2D eigenvalue weighted by Crippen LogP contribution is -2.51. The zero-order chi connectivity index (χ0) is 14.6. The van der Waals surface area contributed by atoms with E-state index in [1.54, 1.807) is 40.1 Å². The van der Waals surface area contributed by atoms with Crippen molar-refractivity contribution in [1.29, 1.82) is 0 Å². The summed E-state index contributed by atoms with van der Waals surface area (Å²) in [7, 11) is 3.22. The third-order valence-corrected chi connectivity index (χ3v) is 3.98. The molecule has 0 spiro atoms. The number of aliphatic hydroxyl groups excluding tert-OH is 1. The van der Waals surface area contributed by atoms with Crippen molar-refractivity contribution in [2.75, 3.05) is 27.2 Å². The van der Waals surface area contributed by atoms with Crippen LogP contribution >= 0.6 is 11.3 Å². The number of likely N-dealkylation sites (N-methyl/N-ethyl adjacent to an activating group) is 2. The molecule has 2 amide bonds. The average Bonchev–Trinajstić information content (AvgIpc) is 2.90. The molecule has 0 atom stereocenters. The van der Waals surface area contributed by atoms with Crippen LogP contribution in [0.15, 0.2) is 17.5 Å². The van der Waals surface area contributed by atoms with Gasteiger partial charge in [0.2, 0.25) is 5.91 Å². The predicted molar refractivity (Wildman–Crippen MR) is 75.2 cm³/mol. The molecule has 1 aromatic rings. The molecule has 6 heteroatoms. The van der Waals surface area contributed by atoms with Gasteiger partial charge in [-0.2, -0.15) is 0 Å². The Balaban J connectivity index is 2.65. The second-order valence-corrected chi connectivity index (χ2v) is 6.01. The van der Waals surface area contributed by atoms with Crippen molar-refractivity contribution in [2.45, 2.75) is 19.4 Å². The quantitative estimate of drug-likeness (QED) is 0.879.